The number of nitrogens with zero attached hydrogens (tertiary/aromatic N) is 2. The van der Waals surface area contributed by atoms with E-state index < -0.39 is 0 Å². The normalized spacial score (nSPS) is 14.6. The minimum atomic E-state index is -0.0791. The third-order valence-electron chi connectivity index (χ3n) is 2.36. The lowest BCUT2D eigenvalue weighted by Crippen LogP contribution is -2.25. The van der Waals surface area contributed by atoms with Crippen molar-refractivity contribution in [1.82, 2.24) is 15.3 Å². The van der Waals surface area contributed by atoms with Gasteiger partial charge in [0.2, 0.25) is 5.95 Å². The van der Waals surface area contributed by atoms with Crippen molar-refractivity contribution in [2.24, 2.45) is 0 Å². The number of aromatic nitrogens is 2. The van der Waals surface area contributed by atoms with Crippen molar-refractivity contribution < 1.29 is 4.79 Å². The summed E-state index contributed by atoms with van der Waals surface area (Å²) in [4.78, 5) is 19.8. The highest BCUT2D eigenvalue weighted by atomic mass is 16.1. The first-order valence-electron chi connectivity index (χ1n) is 5.66. The van der Waals surface area contributed by atoms with Gasteiger partial charge >= 0.3 is 0 Å². The quantitative estimate of drug-likeness (QED) is 0.782. The zero-order valence-corrected chi connectivity index (χ0v) is 9.36. The highest BCUT2D eigenvalue weighted by Gasteiger charge is 2.23. The summed E-state index contributed by atoms with van der Waals surface area (Å²) in [6.07, 6.45) is 6.31. The topological polar surface area (TPSA) is 66.9 Å². The fourth-order valence-electron chi connectivity index (χ4n) is 1.27. The highest BCUT2D eigenvalue weighted by Crippen LogP contribution is 2.19. The molecule has 0 aliphatic heterocycles. The summed E-state index contributed by atoms with van der Waals surface area (Å²) >= 11 is 0. The number of amides is 1. The van der Waals surface area contributed by atoms with E-state index in [-0.39, 0.29) is 5.91 Å². The van der Waals surface area contributed by atoms with Crippen LogP contribution in [0.15, 0.2) is 12.4 Å². The summed E-state index contributed by atoms with van der Waals surface area (Å²) in [6, 6.07) is 0.366. The molecule has 1 fully saturated rings. The van der Waals surface area contributed by atoms with Crippen LogP contribution < -0.4 is 10.6 Å². The molecule has 86 valence electrons. The Bertz CT molecular complexity index is 359. The van der Waals surface area contributed by atoms with Crippen molar-refractivity contribution in [3.63, 3.8) is 0 Å². The van der Waals surface area contributed by atoms with E-state index in [4.69, 9.17) is 0 Å². The van der Waals surface area contributed by atoms with Crippen LogP contribution in [-0.2, 0) is 0 Å². The third kappa shape index (κ3) is 2.92. The Morgan fingerprint density at radius 1 is 1.44 bits per heavy atom. The second-order valence-corrected chi connectivity index (χ2v) is 3.97. The summed E-state index contributed by atoms with van der Waals surface area (Å²) < 4.78 is 0. The monoisotopic (exact) mass is 220 g/mol. The van der Waals surface area contributed by atoms with Crippen LogP contribution in [0.4, 0.5) is 5.95 Å². The molecule has 0 aromatic carbocycles. The molecule has 0 radical (unpaired) electrons. The highest BCUT2D eigenvalue weighted by molar-refractivity contribution is 5.94. The number of hydrogen-bond acceptors (Lipinski definition) is 4. The van der Waals surface area contributed by atoms with E-state index in [0.717, 1.165) is 25.8 Å². The van der Waals surface area contributed by atoms with E-state index in [9.17, 15) is 4.79 Å². The van der Waals surface area contributed by atoms with E-state index in [2.05, 4.69) is 27.5 Å². The molecule has 1 heterocycles. The van der Waals surface area contributed by atoms with E-state index >= 15 is 0 Å². The Labute approximate surface area is 94.7 Å². The van der Waals surface area contributed by atoms with Crippen molar-refractivity contribution in [3.05, 3.63) is 18.0 Å². The molecule has 1 aliphatic rings. The maximum absolute atomic E-state index is 11.6. The fourth-order valence-corrected chi connectivity index (χ4v) is 1.27. The third-order valence-corrected chi connectivity index (χ3v) is 2.36. The van der Waals surface area contributed by atoms with Gasteiger partial charge in [0.25, 0.3) is 5.91 Å². The number of nitrogens with one attached hydrogen (secondary N) is 2. The number of carbonyl (C=O) groups is 1. The molecule has 16 heavy (non-hydrogen) atoms. The van der Waals surface area contributed by atoms with Gasteiger partial charge in [-0.1, -0.05) is 6.92 Å². The molecule has 0 atom stereocenters. The van der Waals surface area contributed by atoms with Crippen LogP contribution in [0.5, 0.6) is 0 Å². The Balaban J connectivity index is 1.92. The SMILES string of the molecule is CCCNc1ncc(C(=O)NC2CC2)cn1. The summed E-state index contributed by atoms with van der Waals surface area (Å²) in [6.45, 7) is 2.91. The lowest BCUT2D eigenvalue weighted by atomic mass is 10.3. The van der Waals surface area contributed by atoms with Gasteiger partial charge < -0.3 is 10.6 Å². The van der Waals surface area contributed by atoms with E-state index in [0.29, 0.717) is 17.6 Å². The smallest absolute Gasteiger partial charge is 0.254 e. The molecule has 1 amide bonds. The van der Waals surface area contributed by atoms with Crippen LogP contribution in [0.3, 0.4) is 0 Å². The van der Waals surface area contributed by atoms with Gasteiger partial charge in [-0.05, 0) is 19.3 Å². The first-order chi connectivity index (χ1) is 7.79. The van der Waals surface area contributed by atoms with Gasteiger partial charge in [0.15, 0.2) is 0 Å². The zero-order chi connectivity index (χ0) is 11.4. The van der Waals surface area contributed by atoms with Gasteiger partial charge in [0.1, 0.15) is 0 Å². The first kappa shape index (κ1) is 10.9. The lowest BCUT2D eigenvalue weighted by molar-refractivity contribution is 0.0950. The number of anilines is 1. The lowest BCUT2D eigenvalue weighted by Gasteiger charge is -2.04. The van der Waals surface area contributed by atoms with Crippen molar-refractivity contribution in [2.45, 2.75) is 32.2 Å². The van der Waals surface area contributed by atoms with Crippen LogP contribution in [0.1, 0.15) is 36.5 Å². The van der Waals surface area contributed by atoms with E-state index in [1.165, 1.54) is 0 Å². The number of rotatable bonds is 5. The second kappa shape index (κ2) is 4.92. The maximum atomic E-state index is 11.6. The molecule has 0 bridgehead atoms. The van der Waals surface area contributed by atoms with Crippen LogP contribution in [-0.4, -0.2) is 28.5 Å². The van der Waals surface area contributed by atoms with E-state index in [1.807, 2.05) is 0 Å². The molecule has 2 N–H and O–H groups in total. The van der Waals surface area contributed by atoms with Crippen LogP contribution >= 0.6 is 0 Å². The van der Waals surface area contributed by atoms with E-state index in [1.54, 1.807) is 12.4 Å². The summed E-state index contributed by atoms with van der Waals surface area (Å²) in [5, 5.41) is 5.95. The molecular formula is C11H16N4O. The predicted octanol–water partition coefficient (Wildman–Crippen LogP) is 1.19. The van der Waals surface area contributed by atoms with Crippen LogP contribution in [0.25, 0.3) is 0 Å². The maximum Gasteiger partial charge on any atom is 0.254 e. The first-order valence-corrected chi connectivity index (χ1v) is 5.66. The fraction of sp³-hybridized carbons (Fsp3) is 0.545. The van der Waals surface area contributed by atoms with Crippen molar-refractivity contribution in [2.75, 3.05) is 11.9 Å². The standard InChI is InChI=1S/C11H16N4O/c1-2-5-12-11-13-6-8(7-14-11)10(16)15-9-3-4-9/h6-7,9H,2-5H2,1H3,(H,15,16)(H,12,13,14). The van der Waals surface area contributed by atoms with Crippen LogP contribution in [0.2, 0.25) is 0 Å². The van der Waals surface area contributed by atoms with Gasteiger partial charge in [-0.15, -0.1) is 0 Å². The average molecular weight is 220 g/mol. The minimum Gasteiger partial charge on any atom is -0.354 e. The molecule has 5 nitrogen and oxygen atoms in total. The molecule has 1 aliphatic carbocycles. The van der Waals surface area contributed by atoms with Gasteiger partial charge in [-0.2, -0.15) is 0 Å². The molecule has 5 heteroatoms. The van der Waals surface area contributed by atoms with Gasteiger partial charge in [-0.3, -0.25) is 4.79 Å². The van der Waals surface area contributed by atoms with Gasteiger partial charge in [-0.25, -0.2) is 9.97 Å². The minimum absolute atomic E-state index is 0.0791. The molecule has 2 rings (SSSR count). The Hall–Kier alpha value is -1.65. The van der Waals surface area contributed by atoms with Gasteiger partial charge in [0.05, 0.1) is 5.56 Å². The summed E-state index contributed by atoms with van der Waals surface area (Å²) in [5.41, 5.74) is 0.522. The second-order valence-electron chi connectivity index (χ2n) is 3.97. The summed E-state index contributed by atoms with van der Waals surface area (Å²) in [5.74, 6) is 0.495. The predicted molar refractivity (Wildman–Crippen MR) is 61.3 cm³/mol. The van der Waals surface area contributed by atoms with Crippen molar-refractivity contribution >= 4 is 11.9 Å². The molecule has 0 spiro atoms. The molecule has 0 unspecified atom stereocenters. The zero-order valence-electron chi connectivity index (χ0n) is 9.36. The average Bonchev–Trinajstić information content (AvgIpc) is 3.11. The molecule has 1 saturated carbocycles. The van der Waals surface area contributed by atoms with Crippen molar-refractivity contribution in [3.8, 4) is 0 Å². The molecule has 1 aromatic heterocycles. The van der Waals surface area contributed by atoms with Crippen molar-refractivity contribution in [1.29, 1.82) is 0 Å². The number of hydrogen-bond donors (Lipinski definition) is 2. The Kier molecular flexibility index (Phi) is 3.34. The number of carbonyl (C=O) groups excluding carboxylic acids is 1. The van der Waals surface area contributed by atoms with Crippen LogP contribution in [0, 0.1) is 0 Å². The molecular weight excluding hydrogens is 204 g/mol. The summed E-state index contributed by atoms with van der Waals surface area (Å²) in [7, 11) is 0. The Morgan fingerprint density at radius 2 is 2.12 bits per heavy atom. The Morgan fingerprint density at radius 3 is 2.69 bits per heavy atom. The largest absolute Gasteiger partial charge is 0.354 e. The molecule has 0 saturated heterocycles. The van der Waals surface area contributed by atoms with Gasteiger partial charge in [0, 0.05) is 25.0 Å². The molecule has 1 aromatic rings.